The molecule has 1 aliphatic carbocycles. The Bertz CT molecular complexity index is 1420. The van der Waals surface area contributed by atoms with Crippen LogP contribution in [-0.2, 0) is 23.9 Å². The minimum atomic E-state index is -1.05. The number of carbonyl (C=O) groups excluding carboxylic acids is 4. The topological polar surface area (TPSA) is 130 Å². The largest absolute Gasteiger partial charge is 0.451 e. The van der Waals surface area contributed by atoms with E-state index < -0.39 is 35.5 Å². The summed E-state index contributed by atoms with van der Waals surface area (Å²) in [7, 11) is 0. The number of hydrogen-bond acceptors (Lipinski definition) is 7. The van der Waals surface area contributed by atoms with E-state index in [1.54, 1.807) is 6.92 Å². The van der Waals surface area contributed by atoms with Crippen molar-refractivity contribution < 1.29 is 23.9 Å². The first-order valence-corrected chi connectivity index (χ1v) is 15.6. The number of cyclic esters (lactones) is 1. The number of rotatable bonds is 1. The van der Waals surface area contributed by atoms with Crippen LogP contribution in [0.5, 0.6) is 0 Å². The molecule has 10 nitrogen and oxygen atoms in total. The van der Waals surface area contributed by atoms with E-state index in [2.05, 4.69) is 16.1 Å². The molecular formula is C33H43N5O5. The lowest BCUT2D eigenvalue weighted by Crippen LogP contribution is -2.61. The Morgan fingerprint density at radius 1 is 0.930 bits per heavy atom. The molecule has 1 spiro atoms. The molecule has 0 unspecified atom stereocenters. The zero-order chi connectivity index (χ0) is 30.7. The molecule has 1 saturated heterocycles. The van der Waals surface area contributed by atoms with Crippen LogP contribution < -0.4 is 16.1 Å². The fourth-order valence-corrected chi connectivity index (χ4v) is 6.21. The van der Waals surface area contributed by atoms with Gasteiger partial charge in [-0.1, -0.05) is 63.5 Å². The fourth-order valence-electron chi connectivity index (χ4n) is 6.21. The molecule has 2 fully saturated rings. The Kier molecular flexibility index (Phi) is 9.15. The third-order valence-corrected chi connectivity index (χ3v) is 8.88. The highest BCUT2D eigenvalue weighted by atomic mass is 16.5. The number of hydrogen-bond donors (Lipinski definition) is 3. The van der Waals surface area contributed by atoms with Crippen molar-refractivity contribution in [3.05, 3.63) is 47.7 Å². The first kappa shape index (κ1) is 30.7. The summed E-state index contributed by atoms with van der Waals surface area (Å²) in [4.78, 5) is 58.7. The average molecular weight is 590 g/mol. The maximum atomic E-state index is 13.8. The number of ether oxygens (including phenoxy) is 1. The zero-order valence-electron chi connectivity index (χ0n) is 25.5. The summed E-state index contributed by atoms with van der Waals surface area (Å²) in [5.41, 5.74) is 4.60. The average Bonchev–Trinajstić information content (AvgIpc) is 3.01. The van der Waals surface area contributed by atoms with Crippen molar-refractivity contribution in [3.8, 4) is 0 Å². The Labute approximate surface area is 253 Å². The van der Waals surface area contributed by atoms with Crippen LogP contribution in [0.1, 0.15) is 89.9 Å². The lowest BCUT2D eigenvalue weighted by atomic mass is 9.73. The maximum absolute atomic E-state index is 13.8. The Balaban J connectivity index is 1.53. The number of hydrazine groups is 1. The quantitative estimate of drug-likeness (QED) is 0.430. The maximum Gasteiger partial charge on any atom is 0.316 e. The van der Waals surface area contributed by atoms with Gasteiger partial charge in [0, 0.05) is 11.9 Å². The monoisotopic (exact) mass is 589 g/mol. The fraction of sp³-hybridized carbons (Fsp3) is 0.545. The van der Waals surface area contributed by atoms with Gasteiger partial charge in [0.1, 0.15) is 12.1 Å². The smallest absolute Gasteiger partial charge is 0.316 e. The number of carbonyl (C=O) groups is 4. The molecule has 4 atom stereocenters. The van der Waals surface area contributed by atoms with Crippen molar-refractivity contribution in [1.29, 1.82) is 0 Å². The summed E-state index contributed by atoms with van der Waals surface area (Å²) in [6, 6.07) is 8.01. The second-order valence-electron chi connectivity index (χ2n) is 12.6. The molecule has 3 aliphatic rings. The van der Waals surface area contributed by atoms with Gasteiger partial charge in [0.25, 0.3) is 11.8 Å². The molecule has 3 N–H and O–H groups in total. The molecule has 230 valence electrons. The van der Waals surface area contributed by atoms with E-state index >= 15 is 0 Å². The van der Waals surface area contributed by atoms with Gasteiger partial charge >= 0.3 is 5.97 Å². The normalized spacial score (nSPS) is 28.0. The zero-order valence-corrected chi connectivity index (χ0v) is 25.5. The lowest BCUT2D eigenvalue weighted by Gasteiger charge is -2.36. The number of nitrogens with zero attached hydrogens (tertiary/aromatic N) is 2. The number of pyridine rings is 1. The van der Waals surface area contributed by atoms with Crippen molar-refractivity contribution >= 4 is 40.7 Å². The molecule has 5 bridgehead atoms. The number of amides is 3. The molecule has 43 heavy (non-hydrogen) atoms. The van der Waals surface area contributed by atoms with E-state index in [-0.39, 0.29) is 23.8 Å². The predicted octanol–water partition coefficient (Wildman–Crippen LogP) is 3.96. The molecule has 1 aromatic heterocycles. The van der Waals surface area contributed by atoms with Gasteiger partial charge in [0.2, 0.25) is 5.91 Å². The van der Waals surface area contributed by atoms with Crippen molar-refractivity contribution in [2.24, 2.45) is 11.3 Å². The molecule has 3 heterocycles. The van der Waals surface area contributed by atoms with Crippen LogP contribution in [0.3, 0.4) is 0 Å². The lowest BCUT2D eigenvalue weighted by molar-refractivity contribution is -0.168. The van der Waals surface area contributed by atoms with Crippen LogP contribution in [0.25, 0.3) is 17.0 Å². The van der Waals surface area contributed by atoms with Crippen LogP contribution in [0.15, 0.2) is 36.4 Å². The number of benzene rings is 1. The number of fused-ring (bicyclic) bond motifs is 4. The van der Waals surface area contributed by atoms with E-state index in [1.807, 2.05) is 63.3 Å². The predicted molar refractivity (Wildman–Crippen MR) is 163 cm³/mol. The van der Waals surface area contributed by atoms with Crippen LogP contribution in [0, 0.1) is 11.3 Å². The van der Waals surface area contributed by atoms with Gasteiger partial charge in [-0.15, -0.1) is 0 Å². The molecule has 2 aromatic rings. The van der Waals surface area contributed by atoms with Gasteiger partial charge in [-0.05, 0) is 63.1 Å². The van der Waals surface area contributed by atoms with Crippen LogP contribution in [-0.4, -0.2) is 58.4 Å². The summed E-state index contributed by atoms with van der Waals surface area (Å²) in [6.07, 6.45) is 8.11. The SMILES string of the molecule is CC(C)[C@H]1OC(=O)C2(/C=C/c3ccc4ccc(nc4c3)[C@@H](C)NC(=O)[C@@H]3CCCN(N3)C(=O)[C@H](C)NC1=O)CCCCC2. The van der Waals surface area contributed by atoms with Crippen molar-refractivity contribution in [1.82, 2.24) is 26.1 Å². The highest BCUT2D eigenvalue weighted by Crippen LogP contribution is 2.40. The van der Waals surface area contributed by atoms with Gasteiger partial charge in [0.05, 0.1) is 22.7 Å². The molecule has 3 amide bonds. The highest BCUT2D eigenvalue weighted by Gasteiger charge is 2.42. The third-order valence-electron chi connectivity index (χ3n) is 8.88. The third kappa shape index (κ3) is 6.74. The summed E-state index contributed by atoms with van der Waals surface area (Å²) in [5, 5.41) is 8.17. The second kappa shape index (κ2) is 12.8. The van der Waals surface area contributed by atoms with E-state index in [0.29, 0.717) is 32.2 Å². The van der Waals surface area contributed by atoms with E-state index in [4.69, 9.17) is 9.72 Å². The Morgan fingerprint density at radius 2 is 1.65 bits per heavy atom. The van der Waals surface area contributed by atoms with Gasteiger partial charge in [-0.2, -0.15) is 0 Å². The standard InChI is InChI=1S/C33H43N5O5/c1-20(2)28-30(40)35-22(4)31(41)38-18-8-9-26(37-38)29(39)34-21(3)25-13-12-24-11-10-23(19-27(24)36-25)14-17-33(32(42)43-28)15-6-5-7-16-33/h10-14,17,19-22,26,28,37H,5-9,15-16,18H2,1-4H3,(H,34,39)(H,35,40)/b17-14+/t21-,22+,26+,28-/m1/s1. The molecule has 1 aromatic carbocycles. The van der Waals surface area contributed by atoms with Crippen molar-refractivity contribution in [2.75, 3.05) is 6.54 Å². The van der Waals surface area contributed by atoms with Gasteiger partial charge in [-0.3, -0.25) is 29.2 Å². The van der Waals surface area contributed by atoms with Gasteiger partial charge < -0.3 is 15.4 Å². The number of nitrogens with one attached hydrogen (secondary N) is 3. The van der Waals surface area contributed by atoms with Crippen LogP contribution >= 0.6 is 0 Å². The second-order valence-corrected chi connectivity index (χ2v) is 12.6. The summed E-state index contributed by atoms with van der Waals surface area (Å²) < 4.78 is 5.98. The van der Waals surface area contributed by atoms with E-state index in [0.717, 1.165) is 41.4 Å². The number of esters is 1. The first-order chi connectivity index (χ1) is 20.6. The van der Waals surface area contributed by atoms with Crippen molar-refractivity contribution in [2.45, 2.75) is 96.9 Å². The molecule has 10 heteroatoms. The molecule has 5 rings (SSSR count). The minimum absolute atomic E-state index is 0.226. The van der Waals surface area contributed by atoms with E-state index in [9.17, 15) is 19.2 Å². The first-order valence-electron chi connectivity index (χ1n) is 15.6. The van der Waals surface area contributed by atoms with Crippen LogP contribution in [0.2, 0.25) is 0 Å². The molecule has 2 aliphatic heterocycles. The molecule has 0 radical (unpaired) electrons. The Morgan fingerprint density at radius 3 is 2.40 bits per heavy atom. The summed E-state index contributed by atoms with van der Waals surface area (Å²) >= 11 is 0. The number of aromatic nitrogens is 1. The van der Waals surface area contributed by atoms with E-state index in [1.165, 1.54) is 5.01 Å². The minimum Gasteiger partial charge on any atom is -0.451 e. The van der Waals surface area contributed by atoms with Gasteiger partial charge in [0.15, 0.2) is 6.10 Å². The molecular weight excluding hydrogens is 546 g/mol. The Hall–Kier alpha value is -3.79. The van der Waals surface area contributed by atoms with Crippen molar-refractivity contribution in [3.63, 3.8) is 0 Å². The highest BCUT2D eigenvalue weighted by molar-refractivity contribution is 5.92. The summed E-state index contributed by atoms with van der Waals surface area (Å²) in [6.45, 7) is 7.54. The molecule has 1 saturated carbocycles. The van der Waals surface area contributed by atoms with Crippen LogP contribution in [0.4, 0.5) is 0 Å². The van der Waals surface area contributed by atoms with Gasteiger partial charge in [-0.25, -0.2) is 5.43 Å². The summed E-state index contributed by atoms with van der Waals surface area (Å²) in [5.74, 6) is -1.82.